The lowest BCUT2D eigenvalue weighted by atomic mass is 10.0. The van der Waals surface area contributed by atoms with E-state index in [4.69, 9.17) is 0 Å². The molecule has 3 nitrogen and oxygen atoms in total. The predicted molar refractivity (Wildman–Crippen MR) is 79.9 cm³/mol. The van der Waals surface area contributed by atoms with Gasteiger partial charge in [-0.15, -0.1) is 0 Å². The van der Waals surface area contributed by atoms with Crippen LogP contribution in [0.2, 0.25) is 0 Å². The van der Waals surface area contributed by atoms with Crippen LogP contribution in [0.5, 0.6) is 0 Å². The fourth-order valence-corrected chi connectivity index (χ4v) is 3.27. The third-order valence-electron chi connectivity index (χ3n) is 3.17. The fourth-order valence-electron chi connectivity index (χ4n) is 2.30. The molecule has 0 bridgehead atoms. The summed E-state index contributed by atoms with van der Waals surface area (Å²) in [7, 11) is -3.82. The van der Waals surface area contributed by atoms with Crippen LogP contribution >= 0.6 is 0 Å². The Balaban J connectivity index is 2.39. The van der Waals surface area contributed by atoms with Gasteiger partial charge in [-0.3, -0.25) is 0 Å². The Morgan fingerprint density at radius 2 is 1.55 bits per heavy atom. The zero-order valence-electron chi connectivity index (χ0n) is 10.6. The average Bonchev–Trinajstić information content (AvgIpc) is 2.44. The topological polar surface area (TPSA) is 43.4 Å². The van der Waals surface area contributed by atoms with Gasteiger partial charge in [0, 0.05) is 5.39 Å². The molecular weight excluding hydrogens is 272 g/mol. The van der Waals surface area contributed by atoms with Crippen molar-refractivity contribution >= 4 is 31.7 Å². The zero-order valence-corrected chi connectivity index (χ0v) is 11.4. The minimum Gasteiger partial charge on any atom is -0.388 e. The first-order chi connectivity index (χ1) is 9.62. The first-order valence-corrected chi connectivity index (χ1v) is 7.48. The minimum absolute atomic E-state index is 0.153. The zero-order chi connectivity index (χ0) is 14.2. The van der Waals surface area contributed by atoms with E-state index in [0.29, 0.717) is 5.39 Å². The Labute approximate surface area is 117 Å². The molecule has 3 rings (SSSR count). The van der Waals surface area contributed by atoms with E-state index >= 15 is 0 Å². The van der Waals surface area contributed by atoms with Gasteiger partial charge in [-0.2, -0.15) is 8.42 Å². The van der Waals surface area contributed by atoms with Crippen molar-refractivity contribution in [3.8, 4) is 0 Å². The summed E-state index contributed by atoms with van der Waals surface area (Å²) in [5.41, 5.74) is 0. The highest BCUT2D eigenvalue weighted by atomic mass is 32.2. The Hall–Kier alpha value is -2.33. The van der Waals surface area contributed by atoms with Crippen molar-refractivity contribution in [1.82, 2.24) is 0 Å². The van der Waals surface area contributed by atoms with Crippen LogP contribution in [-0.2, 0) is 14.3 Å². The molecule has 0 heterocycles. The van der Waals surface area contributed by atoms with Crippen LogP contribution in [0.15, 0.2) is 72.3 Å². The summed E-state index contributed by atoms with van der Waals surface area (Å²) in [4.78, 5) is 0.153. The molecule has 0 aliphatic rings. The Kier molecular flexibility index (Phi) is 2.95. The average molecular weight is 284 g/mol. The van der Waals surface area contributed by atoms with Crippen molar-refractivity contribution in [2.75, 3.05) is 0 Å². The smallest absolute Gasteiger partial charge is 0.339 e. The van der Waals surface area contributed by atoms with Gasteiger partial charge in [-0.25, -0.2) is 0 Å². The monoisotopic (exact) mass is 284 g/mol. The number of fused-ring (bicyclic) bond motifs is 2. The molecule has 0 atom stereocenters. The number of hydrogen-bond acceptors (Lipinski definition) is 3. The maximum atomic E-state index is 12.1. The van der Waals surface area contributed by atoms with Gasteiger partial charge < -0.3 is 4.18 Å². The van der Waals surface area contributed by atoms with Gasteiger partial charge in [0.1, 0.15) is 4.90 Å². The van der Waals surface area contributed by atoms with E-state index in [-0.39, 0.29) is 4.90 Å². The molecule has 0 aliphatic carbocycles. The molecule has 100 valence electrons. The molecule has 3 aromatic carbocycles. The van der Waals surface area contributed by atoms with Crippen LogP contribution in [0.25, 0.3) is 21.5 Å². The van der Waals surface area contributed by atoms with Gasteiger partial charge in [0.05, 0.1) is 6.26 Å². The summed E-state index contributed by atoms with van der Waals surface area (Å²) in [6.07, 6.45) is 0.926. The molecule has 0 saturated heterocycles. The van der Waals surface area contributed by atoms with Gasteiger partial charge in [-0.1, -0.05) is 43.0 Å². The summed E-state index contributed by atoms with van der Waals surface area (Å²) in [5, 5.41) is 3.56. The van der Waals surface area contributed by atoms with Crippen molar-refractivity contribution < 1.29 is 12.6 Å². The standard InChI is InChI=1S/C16H12O3S/c1-2-19-20(17,18)16-9-5-8-14-10-12-6-3-4-7-13(12)11-15(14)16/h2-11H,1H2. The summed E-state index contributed by atoms with van der Waals surface area (Å²) in [6, 6.07) is 16.8. The third-order valence-corrected chi connectivity index (χ3v) is 4.45. The SMILES string of the molecule is C=COS(=O)(=O)c1cccc2cc3ccccc3cc12. The predicted octanol–water partition coefficient (Wildman–Crippen LogP) is 3.84. The quantitative estimate of drug-likeness (QED) is 0.417. The molecule has 20 heavy (non-hydrogen) atoms. The van der Waals surface area contributed by atoms with E-state index in [1.807, 2.05) is 42.5 Å². The molecule has 0 spiro atoms. The van der Waals surface area contributed by atoms with Gasteiger partial charge >= 0.3 is 10.1 Å². The lowest BCUT2D eigenvalue weighted by Gasteiger charge is -2.08. The highest BCUT2D eigenvalue weighted by molar-refractivity contribution is 7.87. The van der Waals surface area contributed by atoms with Crippen LogP contribution in [0.3, 0.4) is 0 Å². The van der Waals surface area contributed by atoms with E-state index in [0.717, 1.165) is 22.4 Å². The Morgan fingerprint density at radius 3 is 2.25 bits per heavy atom. The first kappa shape index (κ1) is 12.7. The molecule has 0 radical (unpaired) electrons. The maximum Gasteiger partial charge on any atom is 0.339 e. The highest BCUT2D eigenvalue weighted by Gasteiger charge is 2.17. The van der Waals surface area contributed by atoms with E-state index in [9.17, 15) is 8.42 Å². The summed E-state index contributed by atoms with van der Waals surface area (Å²) in [6.45, 7) is 3.30. The number of rotatable bonds is 3. The van der Waals surface area contributed by atoms with E-state index < -0.39 is 10.1 Å². The first-order valence-electron chi connectivity index (χ1n) is 6.07. The molecular formula is C16H12O3S. The molecule has 0 aliphatic heterocycles. The van der Waals surface area contributed by atoms with Gasteiger partial charge in [-0.05, 0) is 34.4 Å². The second-order valence-corrected chi connectivity index (χ2v) is 5.93. The maximum absolute atomic E-state index is 12.1. The number of hydrogen-bond donors (Lipinski definition) is 0. The van der Waals surface area contributed by atoms with Crippen molar-refractivity contribution in [3.05, 3.63) is 67.4 Å². The molecule has 0 saturated carbocycles. The molecule has 0 unspecified atom stereocenters. The molecule has 4 heteroatoms. The second kappa shape index (κ2) is 4.65. The number of benzene rings is 3. The largest absolute Gasteiger partial charge is 0.388 e. The molecule has 3 aromatic rings. The fraction of sp³-hybridized carbons (Fsp3) is 0. The Bertz CT molecular complexity index is 911. The molecule has 0 N–H and O–H groups in total. The molecule has 0 amide bonds. The van der Waals surface area contributed by atoms with Crippen molar-refractivity contribution in [2.45, 2.75) is 4.90 Å². The van der Waals surface area contributed by atoms with Crippen LogP contribution in [0, 0.1) is 0 Å². The summed E-state index contributed by atoms with van der Waals surface area (Å²) < 4.78 is 28.8. The van der Waals surface area contributed by atoms with Crippen LogP contribution in [0.1, 0.15) is 0 Å². The van der Waals surface area contributed by atoms with Crippen molar-refractivity contribution in [3.63, 3.8) is 0 Å². The Morgan fingerprint density at radius 1 is 0.900 bits per heavy atom. The summed E-state index contributed by atoms with van der Waals surface area (Å²) >= 11 is 0. The van der Waals surface area contributed by atoms with Crippen LogP contribution in [-0.4, -0.2) is 8.42 Å². The highest BCUT2D eigenvalue weighted by Crippen LogP contribution is 2.28. The third kappa shape index (κ3) is 2.04. The van der Waals surface area contributed by atoms with Gasteiger partial charge in [0.15, 0.2) is 0 Å². The van der Waals surface area contributed by atoms with Crippen molar-refractivity contribution in [2.24, 2.45) is 0 Å². The lowest BCUT2D eigenvalue weighted by Crippen LogP contribution is -2.02. The van der Waals surface area contributed by atoms with Gasteiger partial charge in [0.2, 0.25) is 0 Å². The van der Waals surface area contributed by atoms with Gasteiger partial charge in [0.25, 0.3) is 0 Å². The van der Waals surface area contributed by atoms with E-state index in [1.54, 1.807) is 6.07 Å². The molecule has 0 aromatic heterocycles. The van der Waals surface area contributed by atoms with E-state index in [2.05, 4.69) is 10.8 Å². The lowest BCUT2D eigenvalue weighted by molar-refractivity contribution is 0.445. The van der Waals surface area contributed by atoms with Crippen LogP contribution < -0.4 is 0 Å². The summed E-state index contributed by atoms with van der Waals surface area (Å²) in [5.74, 6) is 0. The van der Waals surface area contributed by atoms with Crippen LogP contribution in [0.4, 0.5) is 0 Å². The minimum atomic E-state index is -3.82. The second-order valence-electron chi connectivity index (χ2n) is 4.39. The normalized spacial score (nSPS) is 11.6. The van der Waals surface area contributed by atoms with Crippen molar-refractivity contribution in [1.29, 1.82) is 0 Å². The van der Waals surface area contributed by atoms with E-state index in [1.165, 1.54) is 6.07 Å². The molecule has 0 fully saturated rings.